The van der Waals surface area contributed by atoms with Gasteiger partial charge in [-0.15, -0.1) is 0 Å². The van der Waals surface area contributed by atoms with Crippen molar-refractivity contribution in [3.05, 3.63) is 24.8 Å². The lowest BCUT2D eigenvalue weighted by atomic mass is 10.3. The Balaban J connectivity index is 0. The van der Waals surface area contributed by atoms with Crippen molar-refractivity contribution in [2.24, 2.45) is 0 Å². The first-order valence-electron chi connectivity index (χ1n) is 5.83. The molecule has 0 fully saturated rings. The summed E-state index contributed by atoms with van der Waals surface area (Å²) in [6, 6.07) is 0. The quantitative estimate of drug-likeness (QED) is 0.382. The molecule has 0 amide bonds. The minimum atomic E-state index is -0.455. The first kappa shape index (κ1) is 19.7. The maximum absolute atomic E-state index is 10.5. The Kier molecular flexibility index (Phi) is 14.9. The summed E-state index contributed by atoms with van der Waals surface area (Å²) in [5, 5.41) is 16.5. The molecular weight excluding hydrogens is 252 g/mol. The van der Waals surface area contributed by atoms with Crippen molar-refractivity contribution < 1.29 is 29.3 Å². The summed E-state index contributed by atoms with van der Waals surface area (Å²) in [6.45, 7) is 8.56. The van der Waals surface area contributed by atoms with Crippen LogP contribution in [0, 0.1) is 0 Å². The van der Waals surface area contributed by atoms with Crippen LogP contribution >= 0.6 is 0 Å². The highest BCUT2D eigenvalue weighted by atomic mass is 16.5. The molecule has 0 saturated heterocycles. The zero-order chi connectivity index (χ0) is 15.1. The number of hydrogen-bond acceptors (Lipinski definition) is 6. The number of carbonyl (C=O) groups excluding carboxylic acids is 2. The van der Waals surface area contributed by atoms with E-state index in [2.05, 4.69) is 22.6 Å². The van der Waals surface area contributed by atoms with E-state index in [0.29, 0.717) is 25.0 Å². The van der Waals surface area contributed by atoms with Gasteiger partial charge in [-0.25, -0.2) is 9.59 Å². The fraction of sp³-hybridized carbons (Fsp3) is 0.538. The van der Waals surface area contributed by atoms with Crippen LogP contribution in [0.25, 0.3) is 0 Å². The molecule has 110 valence electrons. The summed E-state index contributed by atoms with van der Waals surface area (Å²) in [5.41, 5.74) is 0.350. The largest absolute Gasteiger partial charge is 0.463 e. The number of aliphatic hydroxyl groups is 2. The fourth-order valence-electron chi connectivity index (χ4n) is 0.707. The highest BCUT2D eigenvalue weighted by Crippen LogP contribution is 1.90. The summed E-state index contributed by atoms with van der Waals surface area (Å²) in [4.78, 5) is 20.8. The number of hydrogen-bond donors (Lipinski definition) is 2. The van der Waals surface area contributed by atoms with Crippen molar-refractivity contribution in [1.82, 2.24) is 0 Å². The number of ether oxygens (including phenoxy) is 2. The van der Waals surface area contributed by atoms with E-state index in [9.17, 15) is 9.59 Å². The maximum Gasteiger partial charge on any atom is 0.333 e. The van der Waals surface area contributed by atoms with Crippen molar-refractivity contribution in [2.45, 2.75) is 19.8 Å². The van der Waals surface area contributed by atoms with Crippen LogP contribution in [0.15, 0.2) is 24.8 Å². The lowest BCUT2D eigenvalue weighted by Gasteiger charge is -1.99. The molecule has 0 spiro atoms. The fourth-order valence-corrected chi connectivity index (χ4v) is 0.707. The molecule has 0 aliphatic rings. The Labute approximate surface area is 113 Å². The third kappa shape index (κ3) is 16.3. The number of rotatable bonds is 8. The van der Waals surface area contributed by atoms with Crippen LogP contribution in [0.4, 0.5) is 0 Å². The van der Waals surface area contributed by atoms with Gasteiger partial charge in [-0.05, 0) is 19.8 Å². The van der Waals surface area contributed by atoms with Crippen LogP contribution < -0.4 is 0 Å². The number of unbranched alkanes of at least 4 members (excludes halogenated alkanes) is 1. The van der Waals surface area contributed by atoms with E-state index in [0.717, 1.165) is 6.08 Å². The third-order valence-electron chi connectivity index (χ3n) is 1.64. The minimum absolute atomic E-state index is 0.0473. The predicted molar refractivity (Wildman–Crippen MR) is 70.3 cm³/mol. The zero-order valence-electron chi connectivity index (χ0n) is 11.3. The maximum atomic E-state index is 10.5. The second-order valence-electron chi connectivity index (χ2n) is 3.44. The van der Waals surface area contributed by atoms with E-state index in [4.69, 9.17) is 10.2 Å². The molecule has 0 aromatic heterocycles. The summed E-state index contributed by atoms with van der Waals surface area (Å²) in [5.74, 6) is -0.859. The van der Waals surface area contributed by atoms with Gasteiger partial charge in [-0.3, -0.25) is 0 Å². The Morgan fingerprint density at radius 2 is 1.74 bits per heavy atom. The second-order valence-corrected chi connectivity index (χ2v) is 3.44. The van der Waals surface area contributed by atoms with Crippen molar-refractivity contribution in [2.75, 3.05) is 26.4 Å². The van der Waals surface area contributed by atoms with Gasteiger partial charge < -0.3 is 19.7 Å². The second kappa shape index (κ2) is 14.4. The van der Waals surface area contributed by atoms with Gasteiger partial charge in [0.1, 0.15) is 6.61 Å². The van der Waals surface area contributed by atoms with Crippen LogP contribution in [0.1, 0.15) is 19.8 Å². The van der Waals surface area contributed by atoms with E-state index in [1.165, 1.54) is 0 Å². The summed E-state index contributed by atoms with van der Waals surface area (Å²) >= 11 is 0. The molecule has 0 saturated carbocycles. The van der Waals surface area contributed by atoms with Gasteiger partial charge in [0.25, 0.3) is 0 Å². The number of aliphatic hydroxyl groups excluding tert-OH is 2. The molecule has 0 atom stereocenters. The normalized spacial score (nSPS) is 8.79. The Hall–Kier alpha value is -1.66. The Morgan fingerprint density at radius 1 is 1.11 bits per heavy atom. The number of esters is 2. The van der Waals surface area contributed by atoms with Gasteiger partial charge in [0, 0.05) is 18.3 Å². The monoisotopic (exact) mass is 274 g/mol. The minimum Gasteiger partial charge on any atom is -0.463 e. The van der Waals surface area contributed by atoms with E-state index in [1.807, 2.05) is 0 Å². The first-order valence-corrected chi connectivity index (χ1v) is 5.83. The smallest absolute Gasteiger partial charge is 0.333 e. The standard InChI is InChI=1S/C7H12O3.C6H10O3/c1-2-7(9)10-6-4-3-5-8;1-5(2)6(8)9-4-3-7/h2,8H,1,3-6H2;7H,1,3-4H2,2H3. The van der Waals surface area contributed by atoms with Crippen LogP contribution in [0.3, 0.4) is 0 Å². The van der Waals surface area contributed by atoms with Crippen LogP contribution in [0.5, 0.6) is 0 Å². The molecule has 2 N–H and O–H groups in total. The summed E-state index contributed by atoms with van der Waals surface area (Å²) in [6.07, 6.45) is 2.50. The molecule has 0 radical (unpaired) electrons. The lowest BCUT2D eigenvalue weighted by Crippen LogP contribution is -2.08. The Bertz CT molecular complexity index is 285. The lowest BCUT2D eigenvalue weighted by molar-refractivity contribution is -0.140. The average molecular weight is 274 g/mol. The molecule has 0 aromatic rings. The average Bonchev–Trinajstić information content (AvgIpc) is 2.41. The molecule has 0 aliphatic heterocycles. The van der Waals surface area contributed by atoms with Gasteiger partial charge in [-0.1, -0.05) is 13.2 Å². The van der Waals surface area contributed by atoms with Crippen LogP contribution in [-0.4, -0.2) is 48.6 Å². The van der Waals surface area contributed by atoms with E-state index in [1.54, 1.807) is 6.92 Å². The van der Waals surface area contributed by atoms with E-state index >= 15 is 0 Å². The number of carbonyl (C=O) groups is 2. The molecule has 6 nitrogen and oxygen atoms in total. The molecule has 0 heterocycles. The third-order valence-corrected chi connectivity index (χ3v) is 1.64. The topological polar surface area (TPSA) is 93.1 Å². The molecule has 0 aliphatic carbocycles. The molecule has 19 heavy (non-hydrogen) atoms. The molecule has 0 aromatic carbocycles. The van der Waals surface area contributed by atoms with Gasteiger partial charge >= 0.3 is 11.9 Å². The molecule has 0 unspecified atom stereocenters. The van der Waals surface area contributed by atoms with Crippen molar-refractivity contribution in [3.63, 3.8) is 0 Å². The van der Waals surface area contributed by atoms with E-state index < -0.39 is 11.9 Å². The van der Waals surface area contributed by atoms with Gasteiger partial charge in [0.2, 0.25) is 0 Å². The first-order chi connectivity index (χ1) is 8.99. The molecule has 6 heteroatoms. The summed E-state index contributed by atoms with van der Waals surface area (Å²) < 4.78 is 9.09. The van der Waals surface area contributed by atoms with Crippen molar-refractivity contribution >= 4 is 11.9 Å². The van der Waals surface area contributed by atoms with E-state index in [-0.39, 0.29) is 19.8 Å². The zero-order valence-corrected chi connectivity index (χ0v) is 11.3. The van der Waals surface area contributed by atoms with Gasteiger partial charge in [0.15, 0.2) is 0 Å². The van der Waals surface area contributed by atoms with Crippen LogP contribution in [0.2, 0.25) is 0 Å². The van der Waals surface area contributed by atoms with Crippen molar-refractivity contribution in [3.8, 4) is 0 Å². The van der Waals surface area contributed by atoms with Gasteiger partial charge in [0.05, 0.1) is 13.2 Å². The Morgan fingerprint density at radius 3 is 2.16 bits per heavy atom. The van der Waals surface area contributed by atoms with Gasteiger partial charge in [-0.2, -0.15) is 0 Å². The predicted octanol–water partition coefficient (Wildman–Crippen LogP) is 0.586. The molecule has 0 bridgehead atoms. The van der Waals surface area contributed by atoms with Crippen molar-refractivity contribution in [1.29, 1.82) is 0 Å². The summed E-state index contributed by atoms with van der Waals surface area (Å²) in [7, 11) is 0. The highest BCUT2D eigenvalue weighted by molar-refractivity contribution is 5.86. The SMILES string of the molecule is C=C(C)C(=O)OCCO.C=CC(=O)OCCCCO. The molecular formula is C13H22O6. The highest BCUT2D eigenvalue weighted by Gasteiger charge is 1.99. The van der Waals surface area contributed by atoms with Crippen LogP contribution in [-0.2, 0) is 19.1 Å². The molecule has 0 rings (SSSR count).